The summed E-state index contributed by atoms with van der Waals surface area (Å²) in [6.07, 6.45) is 6.02. The third-order valence-electron chi connectivity index (χ3n) is 1.88. The molecule has 0 fully saturated rings. The first-order chi connectivity index (χ1) is 5.88. The molecule has 1 aliphatic rings. The van der Waals surface area contributed by atoms with Crippen molar-refractivity contribution in [1.82, 2.24) is 5.32 Å². The van der Waals surface area contributed by atoms with E-state index in [0.717, 1.165) is 6.42 Å². The van der Waals surface area contributed by atoms with Gasteiger partial charge in [-0.3, -0.25) is 4.79 Å². The lowest BCUT2D eigenvalue weighted by molar-refractivity contribution is -0.110. The number of amides is 1. The van der Waals surface area contributed by atoms with Crippen molar-refractivity contribution in [2.24, 2.45) is 5.11 Å². The van der Waals surface area contributed by atoms with Crippen LogP contribution in [-0.2, 0) is 4.79 Å². The van der Waals surface area contributed by atoms with Crippen LogP contribution in [0.5, 0.6) is 0 Å². The van der Waals surface area contributed by atoms with Gasteiger partial charge in [0, 0.05) is 11.0 Å². The topological polar surface area (TPSA) is 77.9 Å². The molecule has 1 rings (SSSR count). The number of hydrogen-bond acceptors (Lipinski definition) is 2. The zero-order valence-corrected chi connectivity index (χ0v) is 6.55. The molecule has 12 heavy (non-hydrogen) atoms. The third kappa shape index (κ3) is 2.00. The van der Waals surface area contributed by atoms with Gasteiger partial charge in [0.15, 0.2) is 0 Å². The predicted octanol–water partition coefficient (Wildman–Crippen LogP) is 1.13. The molecule has 5 nitrogen and oxygen atoms in total. The van der Waals surface area contributed by atoms with Crippen LogP contribution in [0.2, 0.25) is 0 Å². The van der Waals surface area contributed by atoms with E-state index in [1.807, 2.05) is 12.2 Å². The summed E-state index contributed by atoms with van der Waals surface area (Å²) in [6.45, 7) is 0. The van der Waals surface area contributed by atoms with Gasteiger partial charge < -0.3 is 5.32 Å². The van der Waals surface area contributed by atoms with E-state index >= 15 is 0 Å². The van der Waals surface area contributed by atoms with E-state index in [0.29, 0.717) is 12.8 Å². The van der Waals surface area contributed by atoms with Crippen molar-refractivity contribution in [3.05, 3.63) is 22.6 Å². The fourth-order valence-electron chi connectivity index (χ4n) is 1.26. The second kappa shape index (κ2) is 4.41. The van der Waals surface area contributed by atoms with Crippen LogP contribution in [0, 0.1) is 0 Å². The monoisotopic (exact) mass is 166 g/mol. The van der Waals surface area contributed by atoms with Crippen LogP contribution in [0.4, 0.5) is 0 Å². The van der Waals surface area contributed by atoms with Gasteiger partial charge in [-0.05, 0) is 18.4 Å². The van der Waals surface area contributed by atoms with Crippen molar-refractivity contribution in [1.29, 1.82) is 0 Å². The summed E-state index contributed by atoms with van der Waals surface area (Å²) in [5.41, 5.74) is 8.22. The summed E-state index contributed by atoms with van der Waals surface area (Å²) in [7, 11) is 0. The highest BCUT2D eigenvalue weighted by Gasteiger charge is 2.19. The maximum Gasteiger partial charge on any atom is 0.207 e. The summed E-state index contributed by atoms with van der Waals surface area (Å²) in [5, 5.41) is 6.21. The van der Waals surface area contributed by atoms with Crippen molar-refractivity contribution in [2.75, 3.05) is 0 Å². The molecule has 5 heteroatoms. The number of nitrogens with zero attached hydrogens (tertiary/aromatic N) is 3. The van der Waals surface area contributed by atoms with Crippen LogP contribution < -0.4 is 5.32 Å². The largest absolute Gasteiger partial charge is 0.355 e. The van der Waals surface area contributed by atoms with E-state index in [9.17, 15) is 4.79 Å². The lowest BCUT2D eigenvalue weighted by atomic mass is 9.97. The highest BCUT2D eigenvalue weighted by molar-refractivity contribution is 5.47. The number of carbonyl (C=O) groups is 1. The van der Waals surface area contributed by atoms with Gasteiger partial charge in [0.05, 0.1) is 6.04 Å². The van der Waals surface area contributed by atoms with E-state index in [4.69, 9.17) is 5.53 Å². The van der Waals surface area contributed by atoms with Crippen LogP contribution in [0.3, 0.4) is 0 Å². The highest BCUT2D eigenvalue weighted by atomic mass is 16.1. The number of hydrogen-bond donors (Lipinski definition) is 1. The van der Waals surface area contributed by atoms with Gasteiger partial charge in [0.25, 0.3) is 0 Å². The summed E-state index contributed by atoms with van der Waals surface area (Å²) >= 11 is 0. The standard InChI is InChI=1S/C7H10N4O/c8-11-10-7-4-2-1-3-6(7)9-5-12/h1-2,5-7H,3-4H2,(H,9,12)/t6-,7-/m0/s1. The minimum Gasteiger partial charge on any atom is -0.355 e. The second-order valence-electron chi connectivity index (χ2n) is 2.61. The average Bonchev–Trinajstić information content (AvgIpc) is 2.09. The Bertz CT molecular complexity index is 232. The van der Waals surface area contributed by atoms with E-state index in [1.54, 1.807) is 0 Å². The average molecular weight is 166 g/mol. The first kappa shape index (κ1) is 8.62. The van der Waals surface area contributed by atoms with Gasteiger partial charge in [0.2, 0.25) is 6.41 Å². The van der Waals surface area contributed by atoms with Gasteiger partial charge >= 0.3 is 0 Å². The van der Waals surface area contributed by atoms with Crippen molar-refractivity contribution >= 4 is 6.41 Å². The van der Waals surface area contributed by atoms with Crippen molar-refractivity contribution < 1.29 is 4.79 Å². The molecule has 0 spiro atoms. The Hall–Kier alpha value is -1.48. The minimum atomic E-state index is -0.134. The maximum absolute atomic E-state index is 10.2. The summed E-state index contributed by atoms with van der Waals surface area (Å²) in [5.74, 6) is 0. The van der Waals surface area contributed by atoms with Crippen LogP contribution >= 0.6 is 0 Å². The molecule has 1 amide bonds. The molecule has 1 N–H and O–H groups in total. The van der Waals surface area contributed by atoms with E-state index < -0.39 is 0 Å². The van der Waals surface area contributed by atoms with E-state index in [-0.39, 0.29) is 12.1 Å². The zero-order valence-electron chi connectivity index (χ0n) is 6.55. The van der Waals surface area contributed by atoms with Gasteiger partial charge in [-0.1, -0.05) is 17.3 Å². The van der Waals surface area contributed by atoms with Crippen LogP contribution in [0.1, 0.15) is 12.8 Å². The van der Waals surface area contributed by atoms with Crippen LogP contribution in [-0.4, -0.2) is 18.5 Å². The molecule has 64 valence electrons. The zero-order chi connectivity index (χ0) is 8.81. The Balaban J connectivity index is 2.61. The molecule has 0 aliphatic heterocycles. The highest BCUT2D eigenvalue weighted by Crippen LogP contribution is 2.14. The Morgan fingerprint density at radius 3 is 3.00 bits per heavy atom. The molecule has 0 saturated carbocycles. The molecule has 0 aromatic rings. The van der Waals surface area contributed by atoms with Gasteiger partial charge in [-0.15, -0.1) is 0 Å². The predicted molar refractivity (Wildman–Crippen MR) is 44.3 cm³/mol. The normalized spacial score (nSPS) is 27.3. The van der Waals surface area contributed by atoms with Gasteiger partial charge in [-0.2, -0.15) is 0 Å². The first-order valence-corrected chi connectivity index (χ1v) is 3.77. The number of carbonyl (C=O) groups excluding carboxylic acids is 1. The smallest absolute Gasteiger partial charge is 0.207 e. The summed E-state index contributed by atoms with van der Waals surface area (Å²) in [4.78, 5) is 12.9. The molecule has 0 aromatic carbocycles. The van der Waals surface area contributed by atoms with Crippen molar-refractivity contribution in [2.45, 2.75) is 24.9 Å². The van der Waals surface area contributed by atoms with Crippen LogP contribution in [0.25, 0.3) is 10.4 Å². The molecule has 1 aliphatic carbocycles. The Labute approximate surface area is 70.1 Å². The third-order valence-corrected chi connectivity index (χ3v) is 1.88. The SMILES string of the molecule is [N-]=[N+]=N[C@H]1CC=CC[C@@H]1NC=O. The Kier molecular flexibility index (Phi) is 3.17. The summed E-state index contributed by atoms with van der Waals surface area (Å²) in [6, 6.07) is -0.173. The Morgan fingerprint density at radius 1 is 1.58 bits per heavy atom. The number of rotatable bonds is 3. The van der Waals surface area contributed by atoms with Gasteiger partial charge in [-0.25, -0.2) is 0 Å². The van der Waals surface area contributed by atoms with Crippen molar-refractivity contribution in [3.8, 4) is 0 Å². The number of nitrogens with one attached hydrogen (secondary N) is 1. The van der Waals surface area contributed by atoms with E-state index in [1.165, 1.54) is 0 Å². The minimum absolute atomic E-state index is 0.0385. The molecule has 2 atom stereocenters. The molecule has 0 unspecified atom stereocenters. The molecular formula is C7H10N4O. The van der Waals surface area contributed by atoms with Crippen LogP contribution in [0.15, 0.2) is 17.3 Å². The fourth-order valence-corrected chi connectivity index (χ4v) is 1.26. The molecular weight excluding hydrogens is 156 g/mol. The van der Waals surface area contributed by atoms with Gasteiger partial charge in [0.1, 0.15) is 0 Å². The van der Waals surface area contributed by atoms with E-state index in [2.05, 4.69) is 15.3 Å². The molecule has 0 saturated heterocycles. The molecule has 0 bridgehead atoms. The molecule has 0 aromatic heterocycles. The second-order valence-corrected chi connectivity index (χ2v) is 2.61. The lowest BCUT2D eigenvalue weighted by Gasteiger charge is -2.23. The quantitative estimate of drug-likeness (QED) is 0.220. The number of azide groups is 1. The first-order valence-electron chi connectivity index (χ1n) is 3.77. The molecule has 0 heterocycles. The molecule has 0 radical (unpaired) electrons. The Morgan fingerprint density at radius 2 is 2.33 bits per heavy atom. The summed E-state index contributed by atoms with van der Waals surface area (Å²) < 4.78 is 0. The lowest BCUT2D eigenvalue weighted by Crippen LogP contribution is -2.38. The maximum atomic E-state index is 10.2. The van der Waals surface area contributed by atoms with Crippen molar-refractivity contribution in [3.63, 3.8) is 0 Å². The fraction of sp³-hybridized carbons (Fsp3) is 0.571.